The Morgan fingerprint density at radius 3 is 2.79 bits per heavy atom. The van der Waals surface area contributed by atoms with Gasteiger partial charge in [0.05, 0.1) is 0 Å². The average Bonchev–Trinajstić information content (AvgIpc) is 2.59. The topological polar surface area (TPSA) is 49.4 Å². The van der Waals surface area contributed by atoms with Crippen molar-refractivity contribution in [2.45, 2.75) is 38.8 Å². The second-order valence-electron chi connectivity index (χ2n) is 4.42. The number of nitrogens with one attached hydrogen (secondary N) is 1. The van der Waals surface area contributed by atoms with E-state index in [1.807, 2.05) is 13.8 Å². The lowest BCUT2D eigenvalue weighted by atomic mass is 9.99. The third kappa shape index (κ3) is 1.29. The van der Waals surface area contributed by atoms with E-state index in [0.717, 1.165) is 19.4 Å². The van der Waals surface area contributed by atoms with Gasteiger partial charge in [-0.15, -0.1) is 0 Å². The van der Waals surface area contributed by atoms with E-state index in [9.17, 15) is 9.59 Å². The molecule has 2 aliphatic rings. The zero-order valence-corrected chi connectivity index (χ0v) is 8.62. The van der Waals surface area contributed by atoms with Gasteiger partial charge in [-0.2, -0.15) is 0 Å². The fourth-order valence-corrected chi connectivity index (χ4v) is 2.24. The lowest BCUT2D eigenvalue weighted by Crippen LogP contribution is -2.62. The van der Waals surface area contributed by atoms with Gasteiger partial charge < -0.3 is 10.2 Å². The van der Waals surface area contributed by atoms with Crippen LogP contribution < -0.4 is 5.32 Å². The van der Waals surface area contributed by atoms with E-state index in [2.05, 4.69) is 5.32 Å². The quantitative estimate of drug-likeness (QED) is 0.648. The second kappa shape index (κ2) is 3.26. The highest BCUT2D eigenvalue weighted by atomic mass is 16.2. The molecule has 0 aliphatic carbocycles. The molecule has 0 unspecified atom stereocenters. The average molecular weight is 196 g/mol. The van der Waals surface area contributed by atoms with Gasteiger partial charge in [0.25, 0.3) is 0 Å². The Morgan fingerprint density at radius 2 is 2.14 bits per heavy atom. The number of nitrogens with zero attached hydrogens (tertiary/aromatic N) is 1. The van der Waals surface area contributed by atoms with Crippen molar-refractivity contribution in [3.05, 3.63) is 0 Å². The van der Waals surface area contributed by atoms with E-state index in [1.165, 1.54) is 0 Å². The molecule has 2 fully saturated rings. The molecule has 2 rings (SSSR count). The number of amides is 2. The molecule has 0 aromatic rings. The van der Waals surface area contributed by atoms with Crippen LogP contribution in [0.3, 0.4) is 0 Å². The van der Waals surface area contributed by atoms with Crippen molar-refractivity contribution in [2.75, 3.05) is 6.54 Å². The van der Waals surface area contributed by atoms with Gasteiger partial charge in [-0.25, -0.2) is 0 Å². The first-order valence-electron chi connectivity index (χ1n) is 5.22. The van der Waals surface area contributed by atoms with Crippen molar-refractivity contribution in [1.29, 1.82) is 0 Å². The summed E-state index contributed by atoms with van der Waals surface area (Å²) in [5, 5.41) is 2.81. The number of hydrogen-bond donors (Lipinski definition) is 1. The molecule has 2 amide bonds. The highest BCUT2D eigenvalue weighted by Gasteiger charge is 2.43. The summed E-state index contributed by atoms with van der Waals surface area (Å²) in [6, 6.07) is -0.491. The molecule has 0 aromatic carbocycles. The molecule has 2 aliphatic heterocycles. The molecule has 0 spiro atoms. The van der Waals surface area contributed by atoms with E-state index in [4.69, 9.17) is 0 Å². The molecule has 0 saturated carbocycles. The van der Waals surface area contributed by atoms with Crippen molar-refractivity contribution in [3.63, 3.8) is 0 Å². The summed E-state index contributed by atoms with van der Waals surface area (Å²) in [5.74, 6) is 0.302. The molecule has 2 atom stereocenters. The number of piperazine rings is 1. The van der Waals surface area contributed by atoms with E-state index < -0.39 is 0 Å². The number of carbonyl (C=O) groups is 2. The highest BCUT2D eigenvalue weighted by Crippen LogP contribution is 2.23. The predicted molar refractivity (Wildman–Crippen MR) is 51.5 cm³/mol. The summed E-state index contributed by atoms with van der Waals surface area (Å²) >= 11 is 0. The minimum atomic E-state index is -0.308. The maximum absolute atomic E-state index is 11.9. The lowest BCUT2D eigenvalue weighted by molar-refractivity contribution is -0.148. The summed E-state index contributed by atoms with van der Waals surface area (Å²) < 4.78 is 0. The van der Waals surface area contributed by atoms with Crippen LogP contribution in [0.15, 0.2) is 0 Å². The van der Waals surface area contributed by atoms with Gasteiger partial charge in [0, 0.05) is 6.54 Å². The third-order valence-corrected chi connectivity index (χ3v) is 3.07. The molecular formula is C10H16N2O2. The minimum Gasteiger partial charge on any atom is -0.342 e. The van der Waals surface area contributed by atoms with Crippen molar-refractivity contribution in [1.82, 2.24) is 10.2 Å². The Kier molecular flexibility index (Phi) is 2.21. The smallest absolute Gasteiger partial charge is 0.246 e. The van der Waals surface area contributed by atoms with Gasteiger partial charge >= 0.3 is 0 Å². The largest absolute Gasteiger partial charge is 0.342 e. The molecule has 2 heterocycles. The van der Waals surface area contributed by atoms with Crippen molar-refractivity contribution < 1.29 is 9.59 Å². The fraction of sp³-hybridized carbons (Fsp3) is 0.800. The van der Waals surface area contributed by atoms with E-state index >= 15 is 0 Å². The van der Waals surface area contributed by atoms with Gasteiger partial charge in [-0.05, 0) is 18.8 Å². The van der Waals surface area contributed by atoms with Crippen LogP contribution in [-0.2, 0) is 9.59 Å². The first-order valence-corrected chi connectivity index (χ1v) is 5.22. The maximum atomic E-state index is 11.9. The molecule has 0 radical (unpaired) electrons. The molecule has 2 saturated heterocycles. The summed E-state index contributed by atoms with van der Waals surface area (Å²) in [6.07, 6.45) is 1.77. The number of hydrogen-bond acceptors (Lipinski definition) is 2. The molecule has 0 bridgehead atoms. The van der Waals surface area contributed by atoms with Crippen LogP contribution in [0, 0.1) is 5.92 Å². The third-order valence-electron chi connectivity index (χ3n) is 3.07. The van der Waals surface area contributed by atoms with Crippen molar-refractivity contribution in [2.24, 2.45) is 5.92 Å². The Morgan fingerprint density at radius 1 is 1.43 bits per heavy atom. The first-order chi connectivity index (χ1) is 6.61. The van der Waals surface area contributed by atoms with E-state index in [-0.39, 0.29) is 29.8 Å². The molecule has 4 nitrogen and oxygen atoms in total. The molecule has 78 valence electrons. The Balaban J connectivity index is 2.20. The molecule has 4 heteroatoms. The van der Waals surface area contributed by atoms with Gasteiger partial charge in [0.1, 0.15) is 12.1 Å². The SMILES string of the molecule is CC(C)[C@@H]1NC(=O)[C@H]2CCCN2C1=O. The number of fused-ring (bicyclic) bond motifs is 1. The van der Waals surface area contributed by atoms with Crippen LogP contribution in [0.2, 0.25) is 0 Å². The summed E-state index contributed by atoms with van der Waals surface area (Å²) in [7, 11) is 0. The fourth-order valence-electron chi connectivity index (χ4n) is 2.24. The number of rotatable bonds is 1. The van der Waals surface area contributed by atoms with E-state index in [0.29, 0.717) is 0 Å². The van der Waals surface area contributed by atoms with Crippen LogP contribution in [0.4, 0.5) is 0 Å². The van der Waals surface area contributed by atoms with Crippen LogP contribution in [0.25, 0.3) is 0 Å². The number of carbonyl (C=O) groups excluding carboxylic acids is 2. The Labute approximate surface area is 83.6 Å². The van der Waals surface area contributed by atoms with E-state index in [1.54, 1.807) is 4.90 Å². The normalized spacial score (nSPS) is 32.1. The minimum absolute atomic E-state index is 0.0285. The van der Waals surface area contributed by atoms with Crippen molar-refractivity contribution in [3.8, 4) is 0 Å². The maximum Gasteiger partial charge on any atom is 0.246 e. The monoisotopic (exact) mass is 196 g/mol. The lowest BCUT2D eigenvalue weighted by Gasteiger charge is -2.36. The summed E-state index contributed by atoms with van der Waals surface area (Å²) in [4.78, 5) is 25.3. The zero-order chi connectivity index (χ0) is 10.3. The zero-order valence-electron chi connectivity index (χ0n) is 8.62. The molecule has 14 heavy (non-hydrogen) atoms. The second-order valence-corrected chi connectivity index (χ2v) is 4.42. The summed E-state index contributed by atoms with van der Waals surface area (Å²) in [6.45, 7) is 4.67. The molecule has 1 N–H and O–H groups in total. The van der Waals surface area contributed by atoms with Crippen LogP contribution >= 0.6 is 0 Å². The van der Waals surface area contributed by atoms with Gasteiger partial charge in [-0.3, -0.25) is 9.59 Å². The van der Waals surface area contributed by atoms with Crippen LogP contribution in [0.1, 0.15) is 26.7 Å². The standard InChI is InChI=1S/C10H16N2O2/c1-6(2)8-10(14)12-5-3-4-7(12)9(13)11-8/h6-8H,3-5H2,1-2H3,(H,11,13)/t7-,8+/m1/s1. The van der Waals surface area contributed by atoms with Crippen LogP contribution in [0.5, 0.6) is 0 Å². The van der Waals surface area contributed by atoms with Crippen LogP contribution in [-0.4, -0.2) is 35.3 Å². The Bertz CT molecular complexity index is 271. The van der Waals surface area contributed by atoms with Gasteiger partial charge in [0.2, 0.25) is 11.8 Å². The Hall–Kier alpha value is -1.06. The summed E-state index contributed by atoms with van der Waals surface area (Å²) in [5.41, 5.74) is 0. The van der Waals surface area contributed by atoms with Crippen molar-refractivity contribution >= 4 is 11.8 Å². The molecule has 0 aromatic heterocycles. The molecular weight excluding hydrogens is 180 g/mol. The van der Waals surface area contributed by atoms with Gasteiger partial charge in [0.15, 0.2) is 0 Å². The van der Waals surface area contributed by atoms with Gasteiger partial charge in [-0.1, -0.05) is 13.8 Å². The first kappa shape index (κ1) is 9.49. The predicted octanol–water partition coefficient (Wildman–Crippen LogP) is 0.132. The highest BCUT2D eigenvalue weighted by molar-refractivity contribution is 5.97.